The Bertz CT molecular complexity index is 291. The molecule has 0 spiro atoms. The van der Waals surface area contributed by atoms with Gasteiger partial charge in [-0.2, -0.15) is 0 Å². The van der Waals surface area contributed by atoms with Gasteiger partial charge in [0.25, 0.3) is 0 Å². The first-order chi connectivity index (χ1) is 7.86. The van der Waals surface area contributed by atoms with Gasteiger partial charge in [0.1, 0.15) is 0 Å². The fourth-order valence-electron chi connectivity index (χ4n) is 1.44. The summed E-state index contributed by atoms with van der Waals surface area (Å²) in [5.74, 6) is 1.13. The Hall–Kier alpha value is -0.510. The van der Waals surface area contributed by atoms with Gasteiger partial charge >= 0.3 is 0 Å². The zero-order chi connectivity index (χ0) is 11.6. The predicted molar refractivity (Wildman–Crippen MR) is 71.0 cm³/mol. The molecule has 0 saturated carbocycles. The lowest BCUT2D eigenvalue weighted by molar-refractivity contribution is 0.149. The second kappa shape index (κ2) is 8.62. The lowest BCUT2D eigenvalue weighted by atomic mass is 10.2. The first-order valence-corrected chi connectivity index (χ1v) is 6.79. The molecule has 0 bridgehead atoms. The van der Waals surface area contributed by atoms with Crippen LogP contribution in [0.1, 0.15) is 18.9 Å². The Balaban J connectivity index is 2.27. The average Bonchev–Trinajstić information content (AvgIpc) is 2.30. The van der Waals surface area contributed by atoms with Crippen LogP contribution in [0.15, 0.2) is 29.2 Å². The second-order valence-electron chi connectivity index (χ2n) is 3.58. The molecule has 0 aliphatic heterocycles. The highest BCUT2D eigenvalue weighted by Crippen LogP contribution is 2.19. The molecule has 16 heavy (non-hydrogen) atoms. The third-order valence-electron chi connectivity index (χ3n) is 2.19. The SMILES string of the molecule is CCOCCCSc1cccc(CNC)c1. The number of ether oxygens (including phenoxy) is 1. The van der Waals surface area contributed by atoms with Gasteiger partial charge < -0.3 is 10.1 Å². The summed E-state index contributed by atoms with van der Waals surface area (Å²) in [6.07, 6.45) is 1.12. The van der Waals surface area contributed by atoms with Crippen molar-refractivity contribution in [1.29, 1.82) is 0 Å². The molecule has 0 fully saturated rings. The van der Waals surface area contributed by atoms with E-state index in [1.165, 1.54) is 10.5 Å². The Kier molecular flexibility index (Phi) is 7.30. The van der Waals surface area contributed by atoms with Crippen LogP contribution in [-0.2, 0) is 11.3 Å². The highest BCUT2D eigenvalue weighted by molar-refractivity contribution is 7.99. The summed E-state index contributed by atoms with van der Waals surface area (Å²) in [7, 11) is 1.97. The van der Waals surface area contributed by atoms with E-state index in [0.717, 1.165) is 31.9 Å². The van der Waals surface area contributed by atoms with E-state index in [9.17, 15) is 0 Å². The predicted octanol–water partition coefficient (Wildman–Crippen LogP) is 2.92. The summed E-state index contributed by atoms with van der Waals surface area (Å²) >= 11 is 1.90. The minimum Gasteiger partial charge on any atom is -0.382 e. The van der Waals surface area contributed by atoms with E-state index in [1.54, 1.807) is 0 Å². The van der Waals surface area contributed by atoms with E-state index in [-0.39, 0.29) is 0 Å². The van der Waals surface area contributed by atoms with Crippen molar-refractivity contribution in [2.75, 3.05) is 26.0 Å². The third-order valence-corrected chi connectivity index (χ3v) is 3.27. The molecule has 0 aliphatic carbocycles. The van der Waals surface area contributed by atoms with Crippen molar-refractivity contribution in [3.63, 3.8) is 0 Å². The van der Waals surface area contributed by atoms with Gasteiger partial charge in [-0.1, -0.05) is 12.1 Å². The molecule has 0 saturated heterocycles. The van der Waals surface area contributed by atoms with Crippen LogP contribution in [0, 0.1) is 0 Å². The summed E-state index contributed by atoms with van der Waals surface area (Å²) in [5, 5.41) is 3.17. The molecule has 0 atom stereocenters. The Morgan fingerprint density at radius 1 is 1.38 bits per heavy atom. The molecule has 0 aromatic heterocycles. The van der Waals surface area contributed by atoms with Crippen molar-refractivity contribution in [2.24, 2.45) is 0 Å². The maximum atomic E-state index is 5.31. The van der Waals surface area contributed by atoms with Gasteiger partial charge in [-0.15, -0.1) is 11.8 Å². The molecule has 1 aromatic rings. The minimum atomic E-state index is 0.822. The van der Waals surface area contributed by atoms with Crippen LogP contribution in [0.25, 0.3) is 0 Å². The van der Waals surface area contributed by atoms with Crippen LogP contribution in [-0.4, -0.2) is 26.0 Å². The molecular formula is C13H21NOS. The molecule has 1 aromatic carbocycles. The van der Waals surface area contributed by atoms with E-state index >= 15 is 0 Å². The number of rotatable bonds is 8. The standard InChI is InChI=1S/C13H21NOS/c1-3-15-8-5-9-16-13-7-4-6-12(10-13)11-14-2/h4,6-7,10,14H,3,5,8-9,11H2,1-2H3. The van der Waals surface area contributed by atoms with Crippen LogP contribution in [0.4, 0.5) is 0 Å². The van der Waals surface area contributed by atoms with E-state index < -0.39 is 0 Å². The molecule has 0 radical (unpaired) electrons. The smallest absolute Gasteiger partial charge is 0.0473 e. The van der Waals surface area contributed by atoms with Gasteiger partial charge in [-0.05, 0) is 38.1 Å². The van der Waals surface area contributed by atoms with Crippen LogP contribution in [0.3, 0.4) is 0 Å². The fourth-order valence-corrected chi connectivity index (χ4v) is 2.35. The van der Waals surface area contributed by atoms with E-state index in [1.807, 2.05) is 25.7 Å². The number of hydrogen-bond donors (Lipinski definition) is 1. The average molecular weight is 239 g/mol. The Labute approximate surface area is 103 Å². The molecular weight excluding hydrogens is 218 g/mol. The zero-order valence-corrected chi connectivity index (χ0v) is 11.0. The molecule has 2 nitrogen and oxygen atoms in total. The lowest BCUT2D eigenvalue weighted by Gasteiger charge is -2.05. The van der Waals surface area contributed by atoms with Crippen molar-refractivity contribution in [3.8, 4) is 0 Å². The molecule has 0 heterocycles. The van der Waals surface area contributed by atoms with E-state index in [4.69, 9.17) is 4.74 Å². The normalized spacial score (nSPS) is 10.6. The van der Waals surface area contributed by atoms with Gasteiger partial charge in [-0.3, -0.25) is 0 Å². The largest absolute Gasteiger partial charge is 0.382 e. The van der Waals surface area contributed by atoms with Crippen LogP contribution in [0.2, 0.25) is 0 Å². The highest BCUT2D eigenvalue weighted by Gasteiger charge is 1.96. The van der Waals surface area contributed by atoms with E-state index in [0.29, 0.717) is 0 Å². The lowest BCUT2D eigenvalue weighted by Crippen LogP contribution is -2.04. The molecule has 0 unspecified atom stereocenters. The van der Waals surface area contributed by atoms with Gasteiger partial charge in [0.05, 0.1) is 0 Å². The zero-order valence-electron chi connectivity index (χ0n) is 10.2. The number of nitrogens with one attached hydrogen (secondary N) is 1. The van der Waals surface area contributed by atoms with Gasteiger partial charge in [0.15, 0.2) is 0 Å². The fraction of sp³-hybridized carbons (Fsp3) is 0.538. The van der Waals surface area contributed by atoms with Crippen molar-refractivity contribution in [2.45, 2.75) is 24.8 Å². The number of hydrogen-bond acceptors (Lipinski definition) is 3. The molecule has 1 rings (SSSR count). The van der Waals surface area contributed by atoms with E-state index in [2.05, 4.69) is 29.6 Å². The van der Waals surface area contributed by atoms with Crippen molar-refractivity contribution in [1.82, 2.24) is 5.32 Å². The quantitative estimate of drug-likeness (QED) is 0.557. The van der Waals surface area contributed by atoms with Crippen LogP contribution in [0.5, 0.6) is 0 Å². The highest BCUT2D eigenvalue weighted by atomic mass is 32.2. The van der Waals surface area contributed by atoms with Crippen molar-refractivity contribution >= 4 is 11.8 Å². The molecule has 1 N–H and O–H groups in total. The number of thioether (sulfide) groups is 1. The van der Waals surface area contributed by atoms with Gasteiger partial charge in [-0.25, -0.2) is 0 Å². The maximum Gasteiger partial charge on any atom is 0.0473 e. The molecule has 90 valence electrons. The summed E-state index contributed by atoms with van der Waals surface area (Å²) in [6, 6.07) is 8.70. The first-order valence-electron chi connectivity index (χ1n) is 5.81. The monoisotopic (exact) mass is 239 g/mol. The molecule has 0 aliphatic rings. The van der Waals surface area contributed by atoms with Gasteiger partial charge in [0.2, 0.25) is 0 Å². The van der Waals surface area contributed by atoms with Crippen LogP contribution >= 0.6 is 11.8 Å². The Morgan fingerprint density at radius 2 is 2.25 bits per heavy atom. The summed E-state index contributed by atoms with van der Waals surface area (Å²) < 4.78 is 5.31. The molecule has 0 amide bonds. The third kappa shape index (κ3) is 5.54. The first kappa shape index (κ1) is 13.6. The van der Waals surface area contributed by atoms with Gasteiger partial charge in [0, 0.05) is 30.4 Å². The molecule has 3 heteroatoms. The van der Waals surface area contributed by atoms with Crippen molar-refractivity contribution in [3.05, 3.63) is 29.8 Å². The second-order valence-corrected chi connectivity index (χ2v) is 4.75. The Morgan fingerprint density at radius 3 is 3.00 bits per heavy atom. The number of benzene rings is 1. The maximum absolute atomic E-state index is 5.31. The summed E-state index contributed by atoms with van der Waals surface area (Å²) in [6.45, 7) is 4.67. The minimum absolute atomic E-state index is 0.822. The summed E-state index contributed by atoms with van der Waals surface area (Å²) in [4.78, 5) is 1.35. The topological polar surface area (TPSA) is 21.3 Å². The summed E-state index contributed by atoms with van der Waals surface area (Å²) in [5.41, 5.74) is 1.34. The van der Waals surface area contributed by atoms with Crippen LogP contribution < -0.4 is 5.32 Å². The van der Waals surface area contributed by atoms with Crippen molar-refractivity contribution < 1.29 is 4.74 Å².